The zero-order chi connectivity index (χ0) is 32.8. The second-order valence-corrected chi connectivity index (χ2v) is 12.2. The number of fused-ring (bicyclic) bond motifs is 1. The molecule has 1 amide bonds. The fourth-order valence-electron chi connectivity index (χ4n) is 6.84. The van der Waals surface area contributed by atoms with E-state index in [1.807, 2.05) is 36.9 Å². The van der Waals surface area contributed by atoms with Gasteiger partial charge in [-0.3, -0.25) is 9.59 Å². The molecule has 0 aromatic heterocycles. The Morgan fingerprint density at radius 3 is 2.32 bits per heavy atom. The minimum absolute atomic E-state index is 0.0132. The van der Waals surface area contributed by atoms with Gasteiger partial charge in [0.1, 0.15) is 6.04 Å². The van der Waals surface area contributed by atoms with Gasteiger partial charge in [0, 0.05) is 19.7 Å². The maximum absolute atomic E-state index is 13.1. The van der Waals surface area contributed by atoms with Crippen LogP contribution in [0, 0.1) is 34.5 Å². The summed E-state index contributed by atoms with van der Waals surface area (Å²) >= 11 is 0. The van der Waals surface area contributed by atoms with E-state index >= 15 is 0 Å². The molecule has 44 heavy (non-hydrogen) atoms. The summed E-state index contributed by atoms with van der Waals surface area (Å²) in [4.78, 5) is 36.6. The molecule has 9 heteroatoms. The van der Waals surface area contributed by atoms with Crippen LogP contribution >= 0.6 is 0 Å². The first-order chi connectivity index (χ1) is 21.1. The fraction of sp³-hybridized carbons (Fsp3) is 0.657. The molecule has 1 saturated heterocycles. The number of carboxylic acids is 1. The van der Waals surface area contributed by atoms with Crippen LogP contribution in [0.3, 0.4) is 0 Å². The standard InChI is InChI=1S/C28H38N2O4.C6H12O2.CH4O/c1-18-5-10-25-21(13-18)8-6-19(2)24(25)11-9-23-15-22(29-32)16-28(31)30(23)17-20-7-12-26(33-3)27(14-20)34-4;1-3-5(4-2)6(7)8;1-2/h6-8,12-14,18-19,22-25H,5,9-11,15-17H2,1-4H3;5H,3-4H2,1-2H3,(H,7,8);2H,1H3/t18-,19?,22?,23?,24?,25?;;/m1../s1. The summed E-state index contributed by atoms with van der Waals surface area (Å²) in [7, 11) is 4.23. The zero-order valence-electron chi connectivity index (χ0n) is 27.7. The molecular formula is C35H54N2O7. The van der Waals surface area contributed by atoms with Crippen molar-refractivity contribution >= 4 is 11.9 Å². The number of carboxylic acid groups (broad SMARTS) is 1. The number of aliphatic carboxylic acids is 1. The Morgan fingerprint density at radius 2 is 1.75 bits per heavy atom. The quantitative estimate of drug-likeness (QED) is 0.257. The van der Waals surface area contributed by atoms with E-state index in [9.17, 15) is 14.5 Å². The SMILES string of the molecule is CCC(CC)C(=O)O.CO.COc1ccc(CN2C(=O)CC(N=O)CC2CCC2C(C)C=CC3=C[C@H](C)CCC32)cc1OC. The molecule has 4 rings (SSSR count). The molecule has 3 aliphatic rings. The van der Waals surface area contributed by atoms with Gasteiger partial charge in [-0.2, -0.15) is 4.91 Å². The van der Waals surface area contributed by atoms with Gasteiger partial charge in [0.15, 0.2) is 11.5 Å². The van der Waals surface area contributed by atoms with Crippen LogP contribution in [0.5, 0.6) is 11.5 Å². The zero-order valence-corrected chi connectivity index (χ0v) is 27.7. The number of likely N-dealkylation sites (tertiary alicyclic amines) is 1. The Kier molecular flexibility index (Phi) is 15.6. The molecule has 1 aliphatic heterocycles. The van der Waals surface area contributed by atoms with E-state index in [2.05, 4.69) is 37.3 Å². The summed E-state index contributed by atoms with van der Waals surface area (Å²) in [5, 5.41) is 18.6. The van der Waals surface area contributed by atoms with E-state index in [4.69, 9.17) is 19.7 Å². The van der Waals surface area contributed by atoms with E-state index < -0.39 is 12.0 Å². The number of piperidine rings is 1. The highest BCUT2D eigenvalue weighted by Crippen LogP contribution is 2.44. The Bertz CT molecular complexity index is 1130. The van der Waals surface area contributed by atoms with Crippen LogP contribution < -0.4 is 9.47 Å². The summed E-state index contributed by atoms with van der Waals surface area (Å²) in [6.45, 7) is 8.90. The average molecular weight is 615 g/mol. The van der Waals surface area contributed by atoms with Gasteiger partial charge in [-0.1, -0.05) is 57.2 Å². The van der Waals surface area contributed by atoms with E-state index in [0.29, 0.717) is 48.1 Å². The number of hydrogen-bond acceptors (Lipinski definition) is 7. The molecule has 1 fully saturated rings. The van der Waals surface area contributed by atoms with Crippen LogP contribution in [-0.2, 0) is 16.1 Å². The number of aliphatic hydroxyl groups is 1. The largest absolute Gasteiger partial charge is 0.493 e. The predicted octanol–water partition coefficient (Wildman–Crippen LogP) is 7.02. The topological polar surface area (TPSA) is 126 Å². The van der Waals surface area contributed by atoms with Crippen molar-refractivity contribution in [3.8, 4) is 11.5 Å². The second-order valence-electron chi connectivity index (χ2n) is 12.2. The van der Waals surface area contributed by atoms with Gasteiger partial charge in [-0.15, -0.1) is 0 Å². The number of hydrogen-bond donors (Lipinski definition) is 2. The summed E-state index contributed by atoms with van der Waals surface area (Å²) in [6, 6.07) is 5.38. The first-order valence-electron chi connectivity index (χ1n) is 16.1. The number of nitrogens with zero attached hydrogens (tertiary/aromatic N) is 2. The average Bonchev–Trinajstić information content (AvgIpc) is 3.03. The number of amides is 1. The van der Waals surface area contributed by atoms with E-state index in [-0.39, 0.29) is 24.3 Å². The van der Waals surface area contributed by atoms with Crippen LogP contribution in [-0.4, -0.2) is 60.4 Å². The molecule has 2 N–H and O–H groups in total. The molecule has 1 heterocycles. The third-order valence-electron chi connectivity index (χ3n) is 9.46. The van der Waals surface area contributed by atoms with Gasteiger partial charge in [0.05, 0.1) is 26.6 Å². The Labute approximate surface area is 263 Å². The van der Waals surface area contributed by atoms with Crippen molar-refractivity contribution in [1.82, 2.24) is 4.90 Å². The third-order valence-corrected chi connectivity index (χ3v) is 9.46. The molecule has 0 radical (unpaired) electrons. The molecule has 0 bridgehead atoms. The van der Waals surface area contributed by atoms with Crippen molar-refractivity contribution in [3.63, 3.8) is 0 Å². The van der Waals surface area contributed by atoms with Crippen molar-refractivity contribution in [2.24, 2.45) is 34.8 Å². The van der Waals surface area contributed by atoms with Crippen LogP contribution in [0.4, 0.5) is 0 Å². The number of ether oxygens (including phenoxy) is 2. The molecule has 1 aromatic rings. The third kappa shape index (κ3) is 9.91. The number of benzene rings is 1. The normalized spacial score (nSPS) is 25.9. The number of carbonyl (C=O) groups is 2. The maximum atomic E-state index is 13.1. The van der Waals surface area contributed by atoms with Gasteiger partial charge >= 0.3 is 5.97 Å². The molecule has 2 aliphatic carbocycles. The summed E-state index contributed by atoms with van der Waals surface area (Å²) in [6.07, 6.45) is 13.9. The first kappa shape index (κ1) is 37.0. The molecule has 0 saturated carbocycles. The smallest absolute Gasteiger partial charge is 0.306 e. The Balaban J connectivity index is 0.000000588. The van der Waals surface area contributed by atoms with Gasteiger partial charge in [0.25, 0.3) is 0 Å². The summed E-state index contributed by atoms with van der Waals surface area (Å²) in [5.74, 6) is 2.89. The van der Waals surface area contributed by atoms with E-state index in [1.165, 1.54) is 18.4 Å². The maximum Gasteiger partial charge on any atom is 0.306 e. The molecule has 9 nitrogen and oxygen atoms in total. The van der Waals surface area contributed by atoms with Crippen LogP contribution in [0.1, 0.15) is 84.6 Å². The minimum atomic E-state index is -0.671. The molecule has 0 spiro atoms. The van der Waals surface area contributed by atoms with Crippen LogP contribution in [0.25, 0.3) is 0 Å². The lowest BCUT2D eigenvalue weighted by Gasteiger charge is -2.41. The highest BCUT2D eigenvalue weighted by Gasteiger charge is 2.37. The number of carbonyl (C=O) groups excluding carboxylic acids is 1. The van der Waals surface area contributed by atoms with Crippen LogP contribution in [0.15, 0.2) is 47.2 Å². The second kappa shape index (κ2) is 18.6. The van der Waals surface area contributed by atoms with Gasteiger partial charge in [-0.05, 0) is 91.9 Å². The van der Waals surface area contributed by atoms with Crippen molar-refractivity contribution in [3.05, 3.63) is 52.5 Å². The van der Waals surface area contributed by atoms with Crippen molar-refractivity contribution in [2.75, 3.05) is 21.3 Å². The molecule has 246 valence electrons. The number of methoxy groups -OCH3 is 2. The summed E-state index contributed by atoms with van der Waals surface area (Å²) in [5.41, 5.74) is 2.49. The van der Waals surface area contributed by atoms with E-state index in [0.717, 1.165) is 38.4 Å². The van der Waals surface area contributed by atoms with Crippen molar-refractivity contribution < 1.29 is 29.3 Å². The van der Waals surface area contributed by atoms with Gasteiger partial charge in [-0.25, -0.2) is 0 Å². The van der Waals surface area contributed by atoms with Crippen molar-refractivity contribution in [1.29, 1.82) is 0 Å². The monoisotopic (exact) mass is 614 g/mol. The lowest BCUT2D eigenvalue weighted by Crippen LogP contribution is -2.47. The highest BCUT2D eigenvalue weighted by atomic mass is 16.5. The lowest BCUT2D eigenvalue weighted by atomic mass is 9.66. The number of allylic oxidation sites excluding steroid dienone is 4. The first-order valence-corrected chi connectivity index (χ1v) is 16.1. The predicted molar refractivity (Wildman–Crippen MR) is 174 cm³/mol. The Morgan fingerprint density at radius 1 is 1.07 bits per heavy atom. The minimum Gasteiger partial charge on any atom is -0.493 e. The van der Waals surface area contributed by atoms with Crippen molar-refractivity contribution in [2.45, 2.75) is 97.7 Å². The number of nitroso groups, excluding NO2 is 1. The molecule has 6 atom stereocenters. The number of rotatable bonds is 11. The van der Waals surface area contributed by atoms with Gasteiger partial charge in [0.2, 0.25) is 5.91 Å². The molecule has 5 unspecified atom stereocenters. The Hall–Kier alpha value is -3.20. The summed E-state index contributed by atoms with van der Waals surface area (Å²) < 4.78 is 10.8. The highest BCUT2D eigenvalue weighted by molar-refractivity contribution is 5.78. The lowest BCUT2D eigenvalue weighted by molar-refractivity contribution is -0.142. The van der Waals surface area contributed by atoms with E-state index in [1.54, 1.807) is 14.2 Å². The fourth-order valence-corrected chi connectivity index (χ4v) is 6.84. The molecular weight excluding hydrogens is 560 g/mol. The number of aliphatic hydroxyl groups excluding tert-OH is 1. The van der Waals surface area contributed by atoms with Gasteiger partial charge < -0.3 is 24.6 Å². The van der Waals surface area contributed by atoms with Crippen LogP contribution in [0.2, 0.25) is 0 Å². The molecule has 1 aromatic carbocycles.